The van der Waals surface area contributed by atoms with Gasteiger partial charge in [0.15, 0.2) is 0 Å². The summed E-state index contributed by atoms with van der Waals surface area (Å²) in [6.45, 7) is 0. The molecule has 1 amide bonds. The third-order valence-electron chi connectivity index (χ3n) is 4.03. The lowest BCUT2D eigenvalue weighted by Crippen LogP contribution is -2.12. The Kier molecular flexibility index (Phi) is 3.89. The van der Waals surface area contributed by atoms with Crippen molar-refractivity contribution in [3.8, 4) is 11.4 Å². The van der Waals surface area contributed by atoms with Crippen molar-refractivity contribution in [2.24, 2.45) is 7.05 Å². The number of fused-ring (bicyclic) bond motifs is 1. The smallest absolute Gasteiger partial charge is 0.256 e. The molecule has 0 spiro atoms. The monoisotopic (exact) mass is 347 g/mol. The highest BCUT2D eigenvalue weighted by molar-refractivity contribution is 6.04. The number of anilines is 1. The topological polar surface area (TPSA) is 72.7 Å². The molecule has 6 nitrogen and oxygen atoms in total. The lowest BCUT2D eigenvalue weighted by molar-refractivity contribution is 0.102. The van der Waals surface area contributed by atoms with Crippen molar-refractivity contribution in [3.63, 3.8) is 0 Å². The van der Waals surface area contributed by atoms with Crippen LogP contribution < -0.4 is 5.32 Å². The van der Waals surface area contributed by atoms with Crippen molar-refractivity contribution in [3.05, 3.63) is 72.7 Å². The molecular formula is C19H14FN5O. The van der Waals surface area contributed by atoms with Gasteiger partial charge in [-0.25, -0.2) is 14.4 Å². The second-order valence-corrected chi connectivity index (χ2v) is 5.84. The van der Waals surface area contributed by atoms with E-state index < -0.39 is 0 Å². The summed E-state index contributed by atoms with van der Waals surface area (Å²) in [5.74, 6) is -0.327. The van der Waals surface area contributed by atoms with Crippen molar-refractivity contribution in [2.75, 3.05) is 5.32 Å². The summed E-state index contributed by atoms with van der Waals surface area (Å²) in [6.07, 6.45) is 6.83. The Labute approximate surface area is 148 Å². The summed E-state index contributed by atoms with van der Waals surface area (Å²) in [7, 11) is 1.90. The van der Waals surface area contributed by atoms with Gasteiger partial charge in [0, 0.05) is 30.4 Å². The van der Waals surface area contributed by atoms with Crippen LogP contribution in [0.5, 0.6) is 0 Å². The Morgan fingerprint density at radius 1 is 1.04 bits per heavy atom. The van der Waals surface area contributed by atoms with Crippen LogP contribution in [0.3, 0.4) is 0 Å². The first-order valence-corrected chi connectivity index (χ1v) is 7.89. The highest BCUT2D eigenvalue weighted by Gasteiger charge is 2.09. The van der Waals surface area contributed by atoms with Crippen LogP contribution in [-0.2, 0) is 7.05 Å². The fourth-order valence-corrected chi connectivity index (χ4v) is 2.64. The van der Waals surface area contributed by atoms with Gasteiger partial charge in [-0.1, -0.05) is 0 Å². The minimum atomic E-state index is -0.388. The van der Waals surface area contributed by atoms with E-state index in [4.69, 9.17) is 0 Å². The van der Waals surface area contributed by atoms with E-state index in [1.165, 1.54) is 24.3 Å². The largest absolute Gasteiger partial charge is 0.332 e. The first kappa shape index (κ1) is 15.9. The van der Waals surface area contributed by atoms with Gasteiger partial charge in [-0.3, -0.25) is 9.78 Å². The number of nitrogens with one attached hydrogen (secondary N) is 1. The molecule has 0 unspecified atom stereocenters. The lowest BCUT2D eigenvalue weighted by Gasteiger charge is -2.07. The highest BCUT2D eigenvalue weighted by atomic mass is 19.1. The van der Waals surface area contributed by atoms with Crippen LogP contribution in [0.25, 0.3) is 22.2 Å². The second kappa shape index (κ2) is 6.36. The van der Waals surface area contributed by atoms with E-state index in [1.54, 1.807) is 31.0 Å². The highest BCUT2D eigenvalue weighted by Crippen LogP contribution is 2.22. The quantitative estimate of drug-likeness (QED) is 0.616. The molecule has 0 saturated heterocycles. The Hall–Kier alpha value is -3.61. The Balaban J connectivity index is 1.65. The number of aromatic nitrogens is 4. The molecule has 1 N–H and O–H groups in total. The van der Waals surface area contributed by atoms with Gasteiger partial charge >= 0.3 is 0 Å². The summed E-state index contributed by atoms with van der Waals surface area (Å²) in [4.78, 5) is 25.0. The molecule has 3 aromatic heterocycles. The Morgan fingerprint density at radius 2 is 1.81 bits per heavy atom. The molecule has 4 aromatic rings. The number of carbonyl (C=O) groups excluding carboxylic acids is 1. The second-order valence-electron chi connectivity index (χ2n) is 5.84. The first-order valence-electron chi connectivity index (χ1n) is 7.89. The van der Waals surface area contributed by atoms with Gasteiger partial charge in [0.05, 0.1) is 23.9 Å². The molecule has 0 atom stereocenters. The van der Waals surface area contributed by atoms with Crippen molar-refractivity contribution in [1.29, 1.82) is 0 Å². The molecule has 0 saturated carbocycles. The maximum Gasteiger partial charge on any atom is 0.256 e. The number of pyridine rings is 2. The first-order chi connectivity index (χ1) is 12.6. The molecule has 0 aliphatic rings. The summed E-state index contributed by atoms with van der Waals surface area (Å²) in [5.41, 5.74) is 2.03. The van der Waals surface area contributed by atoms with Crippen molar-refractivity contribution in [1.82, 2.24) is 19.5 Å². The van der Waals surface area contributed by atoms with Gasteiger partial charge in [-0.05, 0) is 41.8 Å². The molecule has 0 radical (unpaired) electrons. The molecule has 128 valence electrons. The summed E-state index contributed by atoms with van der Waals surface area (Å²) < 4.78 is 14.9. The van der Waals surface area contributed by atoms with Gasteiger partial charge in [-0.15, -0.1) is 0 Å². The van der Waals surface area contributed by atoms with Crippen LogP contribution in [0.4, 0.5) is 10.2 Å². The van der Waals surface area contributed by atoms with E-state index in [1.807, 2.05) is 17.7 Å². The van der Waals surface area contributed by atoms with Crippen LogP contribution in [0, 0.1) is 5.82 Å². The Bertz CT molecular complexity index is 1100. The fraction of sp³-hybridized carbons (Fsp3) is 0.0526. The Morgan fingerprint density at radius 3 is 2.54 bits per heavy atom. The number of aryl methyl sites for hydroxylation is 1. The predicted molar refractivity (Wildman–Crippen MR) is 96.1 cm³/mol. The molecule has 7 heteroatoms. The molecule has 1 aromatic carbocycles. The third kappa shape index (κ3) is 3.02. The van der Waals surface area contributed by atoms with Gasteiger partial charge in [0.1, 0.15) is 11.6 Å². The van der Waals surface area contributed by atoms with E-state index in [0.29, 0.717) is 11.4 Å². The number of rotatable bonds is 3. The SMILES string of the molecule is Cn1cncc1-c1cc2cc(NC(=O)c3ccc(F)cc3)ncc2cn1. The van der Waals surface area contributed by atoms with Crippen LogP contribution >= 0.6 is 0 Å². The van der Waals surface area contributed by atoms with Crippen LogP contribution in [0.1, 0.15) is 10.4 Å². The zero-order valence-electron chi connectivity index (χ0n) is 13.8. The number of hydrogen-bond donors (Lipinski definition) is 1. The summed E-state index contributed by atoms with van der Waals surface area (Å²) in [6, 6.07) is 9.04. The van der Waals surface area contributed by atoms with Crippen LogP contribution in [0.15, 0.2) is 61.3 Å². The fourth-order valence-electron chi connectivity index (χ4n) is 2.64. The van der Waals surface area contributed by atoms with E-state index in [0.717, 1.165) is 22.2 Å². The van der Waals surface area contributed by atoms with E-state index >= 15 is 0 Å². The molecule has 0 aliphatic heterocycles. The number of nitrogens with zero attached hydrogens (tertiary/aromatic N) is 4. The normalized spacial score (nSPS) is 10.8. The van der Waals surface area contributed by atoms with Gasteiger partial charge in [0.2, 0.25) is 0 Å². The molecule has 26 heavy (non-hydrogen) atoms. The number of imidazole rings is 1. The average Bonchev–Trinajstić information content (AvgIpc) is 3.07. The number of halogens is 1. The maximum atomic E-state index is 13.0. The standard InChI is InChI=1S/C19H14FN5O/c1-25-11-21-10-17(25)16-6-13-7-18(23-9-14(13)8-22-16)24-19(26)12-2-4-15(20)5-3-12/h2-11H,1H3,(H,23,24,26). The average molecular weight is 347 g/mol. The van der Waals surface area contributed by atoms with Crippen LogP contribution in [-0.4, -0.2) is 25.4 Å². The minimum Gasteiger partial charge on any atom is -0.332 e. The van der Waals surface area contributed by atoms with Crippen molar-refractivity contribution in [2.45, 2.75) is 0 Å². The van der Waals surface area contributed by atoms with Crippen LogP contribution in [0.2, 0.25) is 0 Å². The number of carbonyl (C=O) groups is 1. The van der Waals surface area contributed by atoms with Gasteiger partial charge in [0.25, 0.3) is 5.91 Å². The maximum absolute atomic E-state index is 13.0. The van der Waals surface area contributed by atoms with Crippen molar-refractivity contribution >= 4 is 22.5 Å². The number of amides is 1. The summed E-state index contributed by atoms with van der Waals surface area (Å²) >= 11 is 0. The number of hydrogen-bond acceptors (Lipinski definition) is 4. The van der Waals surface area contributed by atoms with E-state index in [9.17, 15) is 9.18 Å². The third-order valence-corrected chi connectivity index (χ3v) is 4.03. The lowest BCUT2D eigenvalue weighted by atomic mass is 10.1. The minimum absolute atomic E-state index is 0.349. The molecule has 3 heterocycles. The molecule has 0 aliphatic carbocycles. The van der Waals surface area contributed by atoms with E-state index in [-0.39, 0.29) is 11.7 Å². The summed E-state index contributed by atoms with van der Waals surface area (Å²) in [5, 5.41) is 4.47. The van der Waals surface area contributed by atoms with Gasteiger partial charge in [-0.2, -0.15) is 0 Å². The molecular weight excluding hydrogens is 333 g/mol. The van der Waals surface area contributed by atoms with Gasteiger partial charge < -0.3 is 9.88 Å². The zero-order valence-corrected chi connectivity index (χ0v) is 13.8. The molecule has 0 bridgehead atoms. The predicted octanol–water partition coefficient (Wildman–Crippen LogP) is 3.42. The van der Waals surface area contributed by atoms with Crippen molar-refractivity contribution < 1.29 is 9.18 Å². The molecule has 0 fully saturated rings. The molecule has 4 rings (SSSR count). The number of benzene rings is 1. The zero-order chi connectivity index (χ0) is 18.1. The van der Waals surface area contributed by atoms with E-state index in [2.05, 4.69) is 20.3 Å².